The van der Waals surface area contributed by atoms with Crippen molar-refractivity contribution in [2.75, 3.05) is 0 Å². The van der Waals surface area contributed by atoms with Gasteiger partial charge in [0.15, 0.2) is 0 Å². The molecule has 0 saturated heterocycles. The molecule has 2 heterocycles. The molecule has 0 amide bonds. The minimum atomic E-state index is 0.233. The van der Waals surface area contributed by atoms with Crippen LogP contribution in [0.25, 0.3) is 69.4 Å². The van der Waals surface area contributed by atoms with Crippen LogP contribution in [0.3, 0.4) is 0 Å². The SMILES string of the molecule is c1ccc(-c2ccc(-[n+]3c[n+](-c4ccccc4)c[n+](-c4ccc5[se]c6c(-c7ccc8ccccc8c7)cccc6c5c4)c3)cc2)cc1. The Morgan fingerprint density at radius 1 is 0.362 bits per heavy atom. The zero-order valence-electron chi connectivity index (χ0n) is 25.6. The Morgan fingerprint density at radius 2 is 0.957 bits per heavy atom. The van der Waals surface area contributed by atoms with Gasteiger partial charge in [-0.2, -0.15) is 0 Å². The van der Waals surface area contributed by atoms with Crippen molar-refractivity contribution >= 4 is 44.6 Å². The van der Waals surface area contributed by atoms with Crippen molar-refractivity contribution in [2.45, 2.75) is 0 Å². The third-order valence-corrected chi connectivity index (χ3v) is 11.5. The molecule has 220 valence electrons. The summed E-state index contributed by atoms with van der Waals surface area (Å²) in [5.41, 5.74) is 8.38. The van der Waals surface area contributed by atoms with Gasteiger partial charge in [0.2, 0.25) is 0 Å². The van der Waals surface area contributed by atoms with E-state index in [1.54, 1.807) is 0 Å². The number of nitrogens with zero attached hydrogens (tertiary/aromatic N) is 3. The molecule has 7 aromatic carbocycles. The van der Waals surface area contributed by atoms with E-state index in [2.05, 4.69) is 196 Å². The second-order valence-corrected chi connectivity index (χ2v) is 14.1. The van der Waals surface area contributed by atoms with Gasteiger partial charge in [-0.05, 0) is 0 Å². The summed E-state index contributed by atoms with van der Waals surface area (Å²) in [6.45, 7) is 0. The van der Waals surface area contributed by atoms with Crippen LogP contribution in [-0.4, -0.2) is 14.5 Å². The smallest absolute Gasteiger partial charge is 0.0544 e. The van der Waals surface area contributed by atoms with Crippen LogP contribution in [-0.2, 0) is 0 Å². The van der Waals surface area contributed by atoms with E-state index in [1.807, 2.05) is 0 Å². The van der Waals surface area contributed by atoms with Gasteiger partial charge in [0.25, 0.3) is 0 Å². The van der Waals surface area contributed by atoms with E-state index in [1.165, 1.54) is 52.3 Å². The minimum absolute atomic E-state index is 0.233. The third-order valence-electron chi connectivity index (χ3n) is 8.91. The van der Waals surface area contributed by atoms with Gasteiger partial charge in [-0.25, -0.2) is 0 Å². The number of aromatic nitrogens is 3. The Kier molecular flexibility index (Phi) is 6.82. The molecule has 0 aliphatic heterocycles. The molecule has 47 heavy (non-hydrogen) atoms. The normalized spacial score (nSPS) is 11.4. The fraction of sp³-hybridized carbons (Fsp3) is 0. The Morgan fingerprint density at radius 3 is 1.72 bits per heavy atom. The van der Waals surface area contributed by atoms with Gasteiger partial charge < -0.3 is 0 Å². The summed E-state index contributed by atoms with van der Waals surface area (Å²) in [5.74, 6) is 0. The van der Waals surface area contributed by atoms with E-state index in [-0.39, 0.29) is 14.5 Å². The van der Waals surface area contributed by atoms with Crippen molar-refractivity contribution in [1.82, 2.24) is 0 Å². The van der Waals surface area contributed by atoms with Crippen molar-refractivity contribution < 1.29 is 13.7 Å². The summed E-state index contributed by atoms with van der Waals surface area (Å²) >= 11 is 0.233. The van der Waals surface area contributed by atoms with Gasteiger partial charge in [-0.3, -0.25) is 0 Å². The first-order valence-corrected chi connectivity index (χ1v) is 17.5. The van der Waals surface area contributed by atoms with E-state index in [4.69, 9.17) is 0 Å². The molecule has 0 N–H and O–H groups in total. The minimum Gasteiger partial charge on any atom is -0.0617 e. The predicted octanol–water partition coefficient (Wildman–Crippen LogP) is 8.37. The van der Waals surface area contributed by atoms with Crippen molar-refractivity contribution in [1.29, 1.82) is 0 Å². The van der Waals surface area contributed by atoms with Crippen LogP contribution in [0.5, 0.6) is 0 Å². The van der Waals surface area contributed by atoms with Crippen LogP contribution in [0, 0.1) is 0 Å². The van der Waals surface area contributed by atoms with Gasteiger partial charge in [0.1, 0.15) is 0 Å². The first kappa shape index (κ1) is 27.6. The van der Waals surface area contributed by atoms with Gasteiger partial charge in [0, 0.05) is 0 Å². The van der Waals surface area contributed by atoms with Crippen molar-refractivity contribution in [3.8, 4) is 39.3 Å². The molecule has 0 aliphatic carbocycles. The Balaban J connectivity index is 1.17. The average Bonchev–Trinajstić information content (AvgIpc) is 3.53. The first-order valence-electron chi connectivity index (χ1n) is 15.8. The topological polar surface area (TPSA) is 11.6 Å². The summed E-state index contributed by atoms with van der Waals surface area (Å²) in [5, 5.41) is 5.24. The average molecular weight is 668 g/mol. The molecule has 0 atom stereocenters. The molecular formula is C43H30N3Se+3. The van der Waals surface area contributed by atoms with E-state index in [0.717, 1.165) is 17.1 Å². The summed E-state index contributed by atoms with van der Waals surface area (Å²) in [6.07, 6.45) is 6.48. The first-order chi connectivity index (χ1) is 23.3. The fourth-order valence-electron chi connectivity index (χ4n) is 6.48. The van der Waals surface area contributed by atoms with Gasteiger partial charge in [0.05, 0.1) is 0 Å². The van der Waals surface area contributed by atoms with Gasteiger partial charge >= 0.3 is 250 Å². The van der Waals surface area contributed by atoms with Crippen LogP contribution >= 0.6 is 0 Å². The van der Waals surface area contributed by atoms with Crippen LogP contribution in [0.2, 0.25) is 0 Å². The molecule has 0 aliphatic rings. The standard InChI is InChI=1S/C43H30N3Se/c1-3-10-31(11-4-1)33-20-22-37(23-21-33)45-28-44(36-14-5-2-6-15-36)29-46(30-45)38-24-25-42-41(27-38)40-17-9-16-39(43(40)47-42)35-19-18-32-12-7-8-13-34(32)26-35/h1-30H/q+3. The number of benzene rings is 7. The maximum Gasteiger partial charge on any atom is -0.0544 e. The van der Waals surface area contributed by atoms with Crippen molar-refractivity contribution in [2.24, 2.45) is 0 Å². The summed E-state index contributed by atoms with van der Waals surface area (Å²) < 4.78 is 9.52. The van der Waals surface area contributed by atoms with Gasteiger partial charge in [-0.15, -0.1) is 0 Å². The number of fused-ring (bicyclic) bond motifs is 4. The van der Waals surface area contributed by atoms with E-state index in [0.29, 0.717) is 0 Å². The zero-order valence-corrected chi connectivity index (χ0v) is 27.3. The van der Waals surface area contributed by atoms with Crippen molar-refractivity contribution in [3.63, 3.8) is 0 Å². The molecule has 4 heteroatoms. The van der Waals surface area contributed by atoms with E-state index in [9.17, 15) is 0 Å². The molecular weight excluding hydrogens is 637 g/mol. The second-order valence-electron chi connectivity index (χ2n) is 11.8. The maximum absolute atomic E-state index is 2.37. The van der Waals surface area contributed by atoms with Crippen LogP contribution in [0.1, 0.15) is 0 Å². The molecule has 9 aromatic rings. The quantitative estimate of drug-likeness (QED) is 0.129. The summed E-state index contributed by atoms with van der Waals surface area (Å²) in [4.78, 5) is 0. The molecule has 9 rings (SSSR count). The van der Waals surface area contributed by atoms with E-state index >= 15 is 0 Å². The fourth-order valence-corrected chi connectivity index (χ4v) is 9.04. The second kappa shape index (κ2) is 11.6. The molecule has 0 radical (unpaired) electrons. The molecule has 0 saturated carbocycles. The van der Waals surface area contributed by atoms with Crippen LogP contribution in [0.4, 0.5) is 0 Å². The molecule has 0 bridgehead atoms. The largest absolute Gasteiger partial charge is 0.0617 e. The number of hydrogen-bond donors (Lipinski definition) is 0. The Hall–Kier alpha value is -5.67. The molecule has 0 unspecified atom stereocenters. The van der Waals surface area contributed by atoms with E-state index < -0.39 is 0 Å². The molecule has 3 nitrogen and oxygen atoms in total. The monoisotopic (exact) mass is 668 g/mol. The van der Waals surface area contributed by atoms with Crippen molar-refractivity contribution in [3.05, 3.63) is 183 Å². The Labute approximate surface area is 279 Å². The summed E-state index contributed by atoms with van der Waals surface area (Å²) in [6, 6.07) is 59.1. The number of hydrogen-bond acceptors (Lipinski definition) is 0. The third kappa shape index (κ3) is 5.14. The Bertz CT molecular complexity index is 2550. The number of para-hydroxylation sites is 1. The molecule has 0 spiro atoms. The van der Waals surface area contributed by atoms with Gasteiger partial charge in [-0.1, -0.05) is 30.3 Å². The maximum atomic E-state index is 2.37. The summed E-state index contributed by atoms with van der Waals surface area (Å²) in [7, 11) is 0. The number of rotatable bonds is 5. The molecule has 0 fully saturated rings. The zero-order chi connectivity index (χ0) is 31.2. The van der Waals surface area contributed by atoms with Crippen LogP contribution in [0.15, 0.2) is 183 Å². The molecule has 2 aromatic heterocycles. The van der Waals surface area contributed by atoms with Crippen LogP contribution < -0.4 is 13.7 Å². The predicted molar refractivity (Wildman–Crippen MR) is 191 cm³/mol.